The van der Waals surface area contributed by atoms with E-state index in [1.54, 1.807) is 6.07 Å². The van der Waals surface area contributed by atoms with E-state index in [1.165, 1.54) is 0 Å². The topological polar surface area (TPSA) is 49.2 Å². The summed E-state index contributed by atoms with van der Waals surface area (Å²) >= 11 is 5.86. The molecule has 0 atom stereocenters. The molecule has 0 bridgehead atoms. The van der Waals surface area contributed by atoms with Crippen molar-refractivity contribution in [3.05, 3.63) is 22.7 Å². The first kappa shape index (κ1) is 13.4. The van der Waals surface area contributed by atoms with Crippen LogP contribution < -0.4 is 0 Å². The second-order valence-corrected chi connectivity index (χ2v) is 4.96. The van der Waals surface area contributed by atoms with Crippen LogP contribution in [-0.2, 0) is 6.54 Å². The third kappa shape index (κ3) is 3.40. The van der Waals surface area contributed by atoms with E-state index < -0.39 is 0 Å². The summed E-state index contributed by atoms with van der Waals surface area (Å²) in [5.74, 6) is 0.675. The normalized spacial score (nSPS) is 12.2. The summed E-state index contributed by atoms with van der Waals surface area (Å²) in [5.41, 5.74) is 0.560. The Hall–Kier alpha value is -0.710. The highest BCUT2D eigenvalue weighted by atomic mass is 35.5. The van der Waals surface area contributed by atoms with Gasteiger partial charge in [0.15, 0.2) is 0 Å². The van der Waals surface area contributed by atoms with Gasteiger partial charge in [-0.2, -0.15) is 0 Å². The number of hydrogen-bond acceptors (Lipinski definition) is 4. The van der Waals surface area contributed by atoms with Crippen LogP contribution in [0.4, 0.5) is 0 Å². The number of aryl methyl sites for hydroxylation is 1. The molecule has 0 saturated heterocycles. The number of nitrogens with zero attached hydrogens (tertiary/aromatic N) is 3. The summed E-state index contributed by atoms with van der Waals surface area (Å²) < 4.78 is 0. The number of aliphatic hydroxyl groups is 1. The van der Waals surface area contributed by atoms with Gasteiger partial charge >= 0.3 is 0 Å². The SMILES string of the molecule is Cc1cc(Cl)nc(CN(C)C(C)(C)CO)n1. The highest BCUT2D eigenvalue weighted by Crippen LogP contribution is 2.14. The molecule has 5 heteroatoms. The van der Waals surface area contributed by atoms with Gasteiger partial charge in [-0.1, -0.05) is 11.6 Å². The lowest BCUT2D eigenvalue weighted by Gasteiger charge is -2.33. The fourth-order valence-corrected chi connectivity index (χ4v) is 1.46. The van der Waals surface area contributed by atoms with Crippen LogP contribution in [0.2, 0.25) is 5.15 Å². The average Bonchev–Trinajstić information content (AvgIpc) is 2.15. The van der Waals surface area contributed by atoms with Crippen molar-refractivity contribution in [3.63, 3.8) is 0 Å². The first-order valence-corrected chi connectivity index (χ1v) is 5.55. The third-order valence-electron chi connectivity index (χ3n) is 2.67. The molecule has 0 fully saturated rings. The van der Waals surface area contributed by atoms with Gasteiger partial charge in [0.1, 0.15) is 11.0 Å². The van der Waals surface area contributed by atoms with E-state index in [0.717, 1.165) is 5.69 Å². The molecule has 0 aliphatic rings. The van der Waals surface area contributed by atoms with Crippen molar-refractivity contribution < 1.29 is 5.11 Å². The van der Waals surface area contributed by atoms with Crippen LogP contribution in [0.5, 0.6) is 0 Å². The minimum Gasteiger partial charge on any atom is -0.394 e. The maximum absolute atomic E-state index is 9.24. The molecule has 0 unspecified atom stereocenters. The van der Waals surface area contributed by atoms with E-state index in [0.29, 0.717) is 17.5 Å². The molecule has 90 valence electrons. The second kappa shape index (κ2) is 5.08. The van der Waals surface area contributed by atoms with Gasteiger partial charge in [-0.25, -0.2) is 9.97 Å². The Labute approximate surface area is 101 Å². The van der Waals surface area contributed by atoms with Crippen LogP contribution >= 0.6 is 11.6 Å². The summed E-state index contributed by atoms with van der Waals surface area (Å²) in [6.45, 7) is 6.46. The summed E-state index contributed by atoms with van der Waals surface area (Å²) in [7, 11) is 1.93. The number of aliphatic hydroxyl groups excluding tert-OH is 1. The molecule has 1 aromatic rings. The molecule has 4 nitrogen and oxygen atoms in total. The zero-order valence-corrected chi connectivity index (χ0v) is 10.9. The van der Waals surface area contributed by atoms with Gasteiger partial charge in [0.05, 0.1) is 13.2 Å². The molecule has 1 aromatic heterocycles. The van der Waals surface area contributed by atoms with Crippen LogP contribution in [0.15, 0.2) is 6.07 Å². The van der Waals surface area contributed by atoms with Gasteiger partial charge in [0.25, 0.3) is 0 Å². The quantitative estimate of drug-likeness (QED) is 0.817. The van der Waals surface area contributed by atoms with Gasteiger partial charge in [0.2, 0.25) is 0 Å². The predicted octanol–water partition coefficient (Wildman–Crippen LogP) is 1.64. The van der Waals surface area contributed by atoms with Crippen molar-refractivity contribution in [1.82, 2.24) is 14.9 Å². The molecule has 0 spiro atoms. The van der Waals surface area contributed by atoms with Crippen LogP contribution in [0.3, 0.4) is 0 Å². The van der Waals surface area contributed by atoms with Crippen molar-refractivity contribution in [2.24, 2.45) is 0 Å². The molecule has 0 aliphatic carbocycles. The molecule has 0 aromatic carbocycles. The van der Waals surface area contributed by atoms with Crippen molar-refractivity contribution in [2.45, 2.75) is 32.9 Å². The van der Waals surface area contributed by atoms with Crippen molar-refractivity contribution in [2.75, 3.05) is 13.7 Å². The number of hydrogen-bond donors (Lipinski definition) is 1. The van der Waals surface area contributed by atoms with Crippen LogP contribution in [-0.4, -0.2) is 39.2 Å². The first-order valence-electron chi connectivity index (χ1n) is 5.17. The van der Waals surface area contributed by atoms with Crippen molar-refractivity contribution in [1.29, 1.82) is 0 Å². The minimum atomic E-state index is -0.292. The molecule has 1 heterocycles. The Morgan fingerprint density at radius 1 is 1.44 bits per heavy atom. The van der Waals surface area contributed by atoms with Crippen LogP contribution in [0.1, 0.15) is 25.4 Å². The average molecular weight is 244 g/mol. The molecule has 0 radical (unpaired) electrons. The summed E-state index contributed by atoms with van der Waals surface area (Å²) in [5, 5.41) is 9.70. The van der Waals surface area contributed by atoms with Crippen molar-refractivity contribution >= 4 is 11.6 Å². The molecular weight excluding hydrogens is 226 g/mol. The zero-order valence-electron chi connectivity index (χ0n) is 10.2. The monoisotopic (exact) mass is 243 g/mol. The smallest absolute Gasteiger partial charge is 0.144 e. The van der Waals surface area contributed by atoms with Crippen LogP contribution in [0.25, 0.3) is 0 Å². The maximum Gasteiger partial charge on any atom is 0.144 e. The lowest BCUT2D eigenvalue weighted by molar-refractivity contribution is 0.0714. The largest absolute Gasteiger partial charge is 0.394 e. The van der Waals surface area contributed by atoms with E-state index in [2.05, 4.69) is 9.97 Å². The lowest BCUT2D eigenvalue weighted by atomic mass is 10.1. The first-order chi connectivity index (χ1) is 7.35. The molecule has 1 N–H and O–H groups in total. The predicted molar refractivity (Wildman–Crippen MR) is 64.4 cm³/mol. The number of likely N-dealkylation sites (N-methyl/N-ethyl adjacent to an activating group) is 1. The Bertz CT molecular complexity index is 348. The highest BCUT2D eigenvalue weighted by Gasteiger charge is 2.23. The Balaban J connectivity index is 2.80. The summed E-state index contributed by atoms with van der Waals surface area (Å²) in [4.78, 5) is 10.5. The third-order valence-corrected chi connectivity index (χ3v) is 2.86. The number of aromatic nitrogens is 2. The van der Waals surface area contributed by atoms with Gasteiger partial charge in [-0.3, -0.25) is 4.90 Å². The second-order valence-electron chi connectivity index (χ2n) is 4.57. The zero-order chi connectivity index (χ0) is 12.3. The fourth-order valence-electron chi connectivity index (χ4n) is 1.21. The van der Waals surface area contributed by atoms with Gasteiger partial charge in [0, 0.05) is 11.2 Å². The Kier molecular flexibility index (Phi) is 4.24. The standard InChI is InChI=1S/C11H18ClN3O/c1-8-5-9(12)14-10(13-8)6-15(4)11(2,3)7-16/h5,16H,6-7H2,1-4H3. The molecule has 16 heavy (non-hydrogen) atoms. The molecule has 0 aliphatic heterocycles. The van der Waals surface area contributed by atoms with Crippen LogP contribution in [0, 0.1) is 6.92 Å². The van der Waals surface area contributed by atoms with Crippen molar-refractivity contribution in [3.8, 4) is 0 Å². The fraction of sp³-hybridized carbons (Fsp3) is 0.636. The van der Waals surface area contributed by atoms with E-state index >= 15 is 0 Å². The highest BCUT2D eigenvalue weighted by molar-refractivity contribution is 6.29. The van der Waals surface area contributed by atoms with Gasteiger partial charge in [-0.15, -0.1) is 0 Å². The Morgan fingerprint density at radius 3 is 2.56 bits per heavy atom. The molecule has 1 rings (SSSR count). The van der Waals surface area contributed by atoms with Gasteiger partial charge in [-0.05, 0) is 33.9 Å². The minimum absolute atomic E-state index is 0.0864. The Morgan fingerprint density at radius 2 is 2.06 bits per heavy atom. The van der Waals surface area contributed by atoms with E-state index in [4.69, 9.17) is 11.6 Å². The number of halogens is 1. The maximum atomic E-state index is 9.24. The van der Waals surface area contributed by atoms with E-state index in [9.17, 15) is 5.11 Å². The van der Waals surface area contributed by atoms with Gasteiger partial charge < -0.3 is 5.11 Å². The molecule has 0 saturated carbocycles. The number of rotatable bonds is 4. The molecular formula is C11H18ClN3O. The summed E-state index contributed by atoms with van der Waals surface area (Å²) in [6, 6.07) is 1.72. The van der Waals surface area contributed by atoms with E-state index in [1.807, 2.05) is 32.7 Å². The molecule has 0 amide bonds. The lowest BCUT2D eigenvalue weighted by Crippen LogP contribution is -2.44. The summed E-state index contributed by atoms with van der Waals surface area (Å²) in [6.07, 6.45) is 0. The van der Waals surface area contributed by atoms with E-state index in [-0.39, 0.29) is 12.1 Å².